The molecule has 2 N–H and O–H groups in total. The minimum Gasteiger partial charge on any atom is -0.478 e. The molecule has 128 valence electrons. The highest BCUT2D eigenvalue weighted by Gasteiger charge is 2.12. The van der Waals surface area contributed by atoms with Gasteiger partial charge >= 0.3 is 12.1 Å². The van der Waals surface area contributed by atoms with Gasteiger partial charge in [0.25, 0.3) is 0 Å². The maximum absolute atomic E-state index is 13.8. The first-order chi connectivity index (χ1) is 12.1. The number of ether oxygens (including phenoxy) is 1. The van der Waals surface area contributed by atoms with E-state index in [0.717, 1.165) is 5.56 Å². The number of hydrogen-bond acceptors (Lipinski definition) is 3. The maximum atomic E-state index is 13.8. The number of amides is 1. The molecule has 0 saturated carbocycles. The standard InChI is InChI=1S/C19H16FNO4/c20-17-15(10-6-11-16(17)18(22)23)9-4-5-12-21-19(24)25-13-14-7-2-1-3-8-14/h1-3,6-8,10-11H,5,12-13H2,(H,21,24)(H,22,23). The summed E-state index contributed by atoms with van der Waals surface area (Å²) in [6.45, 7) is 0.409. The first kappa shape index (κ1) is 18.0. The molecule has 2 aromatic carbocycles. The molecule has 25 heavy (non-hydrogen) atoms. The summed E-state index contributed by atoms with van der Waals surface area (Å²) in [6.07, 6.45) is -0.290. The zero-order valence-electron chi connectivity index (χ0n) is 13.3. The van der Waals surface area contributed by atoms with Gasteiger partial charge in [0, 0.05) is 13.0 Å². The number of benzene rings is 2. The number of carboxylic acids is 1. The van der Waals surface area contributed by atoms with Crippen LogP contribution in [0.25, 0.3) is 0 Å². The molecule has 0 spiro atoms. The smallest absolute Gasteiger partial charge is 0.407 e. The lowest BCUT2D eigenvalue weighted by Crippen LogP contribution is -2.24. The molecule has 6 heteroatoms. The van der Waals surface area contributed by atoms with Gasteiger partial charge in [-0.3, -0.25) is 0 Å². The maximum Gasteiger partial charge on any atom is 0.407 e. The van der Waals surface area contributed by atoms with E-state index >= 15 is 0 Å². The minimum absolute atomic E-state index is 0.00607. The quantitative estimate of drug-likeness (QED) is 0.647. The molecule has 2 rings (SSSR count). The Labute approximate surface area is 144 Å². The number of carbonyl (C=O) groups is 2. The molecule has 0 bridgehead atoms. The van der Waals surface area contributed by atoms with Crippen molar-refractivity contribution in [2.45, 2.75) is 13.0 Å². The Morgan fingerprint density at radius 1 is 1.12 bits per heavy atom. The van der Waals surface area contributed by atoms with E-state index in [9.17, 15) is 14.0 Å². The molecule has 0 aliphatic heterocycles. The van der Waals surface area contributed by atoms with E-state index in [2.05, 4.69) is 17.2 Å². The van der Waals surface area contributed by atoms with Crippen LogP contribution in [0, 0.1) is 17.7 Å². The van der Waals surface area contributed by atoms with Crippen molar-refractivity contribution in [2.24, 2.45) is 0 Å². The Hall–Kier alpha value is -3.33. The molecule has 0 aliphatic carbocycles. The summed E-state index contributed by atoms with van der Waals surface area (Å²) >= 11 is 0. The van der Waals surface area contributed by atoms with Crippen molar-refractivity contribution in [1.82, 2.24) is 5.32 Å². The Bertz CT molecular complexity index is 809. The molecule has 0 aliphatic rings. The van der Waals surface area contributed by atoms with Gasteiger partial charge < -0.3 is 15.2 Å². The average Bonchev–Trinajstić information content (AvgIpc) is 2.61. The van der Waals surface area contributed by atoms with Crippen LogP contribution >= 0.6 is 0 Å². The topological polar surface area (TPSA) is 75.6 Å². The summed E-state index contributed by atoms with van der Waals surface area (Å²) in [5, 5.41) is 11.4. The summed E-state index contributed by atoms with van der Waals surface area (Å²) < 4.78 is 18.9. The third kappa shape index (κ3) is 5.66. The van der Waals surface area contributed by atoms with E-state index in [1.54, 1.807) is 0 Å². The fraction of sp³-hybridized carbons (Fsp3) is 0.158. The monoisotopic (exact) mass is 341 g/mol. The van der Waals surface area contributed by atoms with Crippen molar-refractivity contribution < 1.29 is 23.8 Å². The van der Waals surface area contributed by atoms with Crippen LogP contribution in [0.4, 0.5) is 9.18 Å². The molecule has 0 heterocycles. The van der Waals surface area contributed by atoms with Crippen molar-refractivity contribution >= 4 is 12.1 Å². The van der Waals surface area contributed by atoms with E-state index in [1.807, 2.05) is 30.3 Å². The highest BCUT2D eigenvalue weighted by molar-refractivity contribution is 5.88. The van der Waals surface area contributed by atoms with Gasteiger partial charge in [-0.1, -0.05) is 48.2 Å². The van der Waals surface area contributed by atoms with Crippen molar-refractivity contribution in [3.63, 3.8) is 0 Å². The SMILES string of the molecule is O=C(NCCC#Cc1cccc(C(=O)O)c1F)OCc1ccccc1. The normalized spacial score (nSPS) is 9.64. The summed E-state index contributed by atoms with van der Waals surface area (Å²) in [5.74, 6) is 3.04. The summed E-state index contributed by atoms with van der Waals surface area (Å²) in [7, 11) is 0. The second-order valence-corrected chi connectivity index (χ2v) is 5.01. The molecule has 2 aromatic rings. The fourth-order valence-electron chi connectivity index (χ4n) is 1.95. The Morgan fingerprint density at radius 3 is 2.60 bits per heavy atom. The van der Waals surface area contributed by atoms with Gasteiger partial charge in [0.15, 0.2) is 5.82 Å². The van der Waals surface area contributed by atoms with E-state index < -0.39 is 23.4 Å². The summed E-state index contributed by atoms with van der Waals surface area (Å²) in [4.78, 5) is 22.4. The third-order valence-corrected chi connectivity index (χ3v) is 3.18. The molecule has 0 fully saturated rings. The summed E-state index contributed by atoms with van der Waals surface area (Å²) in [6, 6.07) is 13.3. The van der Waals surface area contributed by atoms with E-state index in [0.29, 0.717) is 0 Å². The van der Waals surface area contributed by atoms with Gasteiger partial charge in [-0.15, -0.1) is 0 Å². The molecular formula is C19H16FNO4. The van der Waals surface area contributed by atoms with E-state index in [4.69, 9.17) is 9.84 Å². The van der Waals surface area contributed by atoms with Crippen LogP contribution < -0.4 is 5.32 Å². The second kappa shape index (κ2) is 9.08. The Morgan fingerprint density at radius 2 is 1.88 bits per heavy atom. The van der Waals surface area contributed by atoms with Crippen molar-refractivity contribution in [3.8, 4) is 11.8 Å². The van der Waals surface area contributed by atoms with Gasteiger partial charge in [0.1, 0.15) is 6.61 Å². The molecule has 0 atom stereocenters. The van der Waals surface area contributed by atoms with Crippen LogP contribution in [0.5, 0.6) is 0 Å². The van der Waals surface area contributed by atoms with Crippen LogP contribution in [0.3, 0.4) is 0 Å². The molecule has 0 unspecified atom stereocenters. The predicted octanol–water partition coefficient (Wildman–Crippen LogP) is 3.19. The Balaban J connectivity index is 1.76. The highest BCUT2D eigenvalue weighted by atomic mass is 19.1. The number of hydrogen-bond donors (Lipinski definition) is 2. The predicted molar refractivity (Wildman–Crippen MR) is 89.5 cm³/mol. The first-order valence-corrected chi connectivity index (χ1v) is 7.53. The third-order valence-electron chi connectivity index (χ3n) is 3.18. The van der Waals surface area contributed by atoms with Crippen LogP contribution in [0.2, 0.25) is 0 Å². The number of alkyl carbamates (subject to hydrolysis) is 1. The number of aromatic carboxylic acids is 1. The zero-order valence-corrected chi connectivity index (χ0v) is 13.3. The van der Waals surface area contributed by atoms with E-state index in [1.165, 1.54) is 18.2 Å². The molecule has 5 nitrogen and oxygen atoms in total. The minimum atomic E-state index is -1.34. The highest BCUT2D eigenvalue weighted by Crippen LogP contribution is 2.11. The van der Waals surface area contributed by atoms with Gasteiger partial charge in [-0.2, -0.15) is 0 Å². The molecule has 1 amide bonds. The number of carboxylic acid groups (broad SMARTS) is 1. The lowest BCUT2D eigenvalue weighted by atomic mass is 10.1. The number of carbonyl (C=O) groups excluding carboxylic acids is 1. The van der Waals surface area contributed by atoms with Gasteiger partial charge in [-0.05, 0) is 17.7 Å². The van der Waals surface area contributed by atoms with Crippen molar-refractivity contribution in [3.05, 3.63) is 71.0 Å². The van der Waals surface area contributed by atoms with E-state index in [-0.39, 0.29) is 25.1 Å². The molecule has 0 saturated heterocycles. The number of rotatable bonds is 5. The lowest BCUT2D eigenvalue weighted by Gasteiger charge is -2.05. The zero-order chi connectivity index (χ0) is 18.1. The van der Waals surface area contributed by atoms with Crippen LogP contribution in [0.15, 0.2) is 48.5 Å². The van der Waals surface area contributed by atoms with Crippen LogP contribution in [0.1, 0.15) is 27.9 Å². The number of halogens is 1. The first-order valence-electron chi connectivity index (χ1n) is 7.53. The molecular weight excluding hydrogens is 325 g/mol. The van der Waals surface area contributed by atoms with Crippen molar-refractivity contribution in [1.29, 1.82) is 0 Å². The van der Waals surface area contributed by atoms with Gasteiger partial charge in [0.05, 0.1) is 11.1 Å². The average molecular weight is 341 g/mol. The molecule has 0 aromatic heterocycles. The fourth-order valence-corrected chi connectivity index (χ4v) is 1.95. The second-order valence-electron chi connectivity index (χ2n) is 5.01. The van der Waals surface area contributed by atoms with Gasteiger partial charge in [0.2, 0.25) is 0 Å². The largest absolute Gasteiger partial charge is 0.478 e. The number of nitrogens with one attached hydrogen (secondary N) is 1. The van der Waals surface area contributed by atoms with Crippen molar-refractivity contribution in [2.75, 3.05) is 6.54 Å². The lowest BCUT2D eigenvalue weighted by molar-refractivity contribution is 0.0691. The van der Waals surface area contributed by atoms with Crippen LogP contribution in [-0.2, 0) is 11.3 Å². The van der Waals surface area contributed by atoms with Crippen LogP contribution in [-0.4, -0.2) is 23.7 Å². The summed E-state index contributed by atoms with van der Waals surface area (Å²) in [5.41, 5.74) is 0.465. The van der Waals surface area contributed by atoms with Gasteiger partial charge in [-0.25, -0.2) is 14.0 Å². The Kier molecular flexibility index (Phi) is 6.55. The molecule has 0 radical (unpaired) electrons.